The summed E-state index contributed by atoms with van der Waals surface area (Å²) in [5.74, 6) is -1.23. The summed E-state index contributed by atoms with van der Waals surface area (Å²) in [6, 6.07) is 16.4. The summed E-state index contributed by atoms with van der Waals surface area (Å²) in [5, 5.41) is 5.74. The number of benzene rings is 3. The largest absolute Gasteiger partial charge is 0.322 e. The standard InChI is InChI=1S/C26H27ClFN3O4S/c1-17(2)15-31(26(33)29-20-11-9-19(27)10-12-20)16-25(32)30-23-13-8-18(14-22(23)28)21-6-4-5-7-24(21)36(3,34)35/h4-14,17H,15-16H2,1-3H3,(H,29,33)(H,30,32). The van der Waals surface area contributed by atoms with Crippen molar-refractivity contribution in [2.45, 2.75) is 18.7 Å². The summed E-state index contributed by atoms with van der Waals surface area (Å²) in [7, 11) is -3.52. The molecule has 3 rings (SSSR count). The second-order valence-corrected chi connectivity index (χ2v) is 11.1. The number of rotatable bonds is 8. The van der Waals surface area contributed by atoms with Gasteiger partial charge in [-0.2, -0.15) is 0 Å². The van der Waals surface area contributed by atoms with E-state index in [0.717, 1.165) is 6.26 Å². The lowest BCUT2D eigenvalue weighted by Crippen LogP contribution is -2.42. The number of halogens is 2. The Hall–Kier alpha value is -3.43. The van der Waals surface area contributed by atoms with Gasteiger partial charge in [-0.3, -0.25) is 4.79 Å². The summed E-state index contributed by atoms with van der Waals surface area (Å²) in [6.07, 6.45) is 1.09. The summed E-state index contributed by atoms with van der Waals surface area (Å²) in [6.45, 7) is 3.83. The molecule has 0 heterocycles. The van der Waals surface area contributed by atoms with E-state index in [2.05, 4.69) is 10.6 Å². The third-order valence-corrected chi connectivity index (χ3v) is 6.55. The number of nitrogens with one attached hydrogen (secondary N) is 2. The van der Waals surface area contributed by atoms with Crippen molar-refractivity contribution in [2.75, 3.05) is 30.0 Å². The van der Waals surface area contributed by atoms with Gasteiger partial charge >= 0.3 is 6.03 Å². The Bertz CT molecular complexity index is 1360. The third-order valence-electron chi connectivity index (χ3n) is 5.14. The summed E-state index contributed by atoms with van der Waals surface area (Å²) in [5.41, 5.74) is 1.16. The highest BCUT2D eigenvalue weighted by molar-refractivity contribution is 7.90. The van der Waals surface area contributed by atoms with E-state index in [0.29, 0.717) is 28.4 Å². The molecule has 10 heteroatoms. The quantitative estimate of drug-likeness (QED) is 0.391. The van der Waals surface area contributed by atoms with Crippen molar-refractivity contribution in [3.63, 3.8) is 0 Å². The molecule has 0 radical (unpaired) electrons. The lowest BCUT2D eigenvalue weighted by atomic mass is 10.0. The first-order valence-corrected chi connectivity index (χ1v) is 13.4. The molecule has 3 aromatic carbocycles. The van der Waals surface area contributed by atoms with Crippen LogP contribution >= 0.6 is 11.6 Å². The molecule has 0 atom stereocenters. The molecular weight excluding hydrogens is 505 g/mol. The monoisotopic (exact) mass is 531 g/mol. The van der Waals surface area contributed by atoms with Crippen LogP contribution in [-0.4, -0.2) is 44.6 Å². The smallest absolute Gasteiger partial charge is 0.322 e. The lowest BCUT2D eigenvalue weighted by Gasteiger charge is -2.24. The van der Waals surface area contributed by atoms with Crippen LogP contribution in [-0.2, 0) is 14.6 Å². The first-order valence-electron chi connectivity index (χ1n) is 11.1. The van der Waals surface area contributed by atoms with Crippen LogP contribution in [0.2, 0.25) is 5.02 Å². The molecular formula is C26H27ClFN3O4S. The second kappa shape index (κ2) is 11.5. The fraction of sp³-hybridized carbons (Fsp3) is 0.231. The molecule has 3 aromatic rings. The number of carbonyl (C=O) groups is 2. The SMILES string of the molecule is CC(C)CN(CC(=O)Nc1ccc(-c2ccccc2S(C)(=O)=O)cc1F)C(=O)Nc1ccc(Cl)cc1. The summed E-state index contributed by atoms with van der Waals surface area (Å²) >= 11 is 5.88. The van der Waals surface area contributed by atoms with Gasteiger partial charge in [0.15, 0.2) is 9.84 Å². The minimum absolute atomic E-state index is 0.0804. The Morgan fingerprint density at radius 1 is 1.00 bits per heavy atom. The van der Waals surface area contributed by atoms with Crippen molar-refractivity contribution >= 4 is 44.8 Å². The summed E-state index contributed by atoms with van der Waals surface area (Å²) in [4.78, 5) is 26.9. The number of hydrogen-bond donors (Lipinski definition) is 2. The fourth-order valence-corrected chi connectivity index (χ4v) is 4.61. The van der Waals surface area contributed by atoms with Crippen LogP contribution in [0.1, 0.15) is 13.8 Å². The molecule has 190 valence electrons. The summed E-state index contributed by atoms with van der Waals surface area (Å²) < 4.78 is 39.1. The van der Waals surface area contributed by atoms with Gasteiger partial charge in [0.05, 0.1) is 10.6 Å². The number of amides is 3. The zero-order valence-corrected chi connectivity index (χ0v) is 21.7. The first kappa shape index (κ1) is 27.2. The normalized spacial score (nSPS) is 11.3. The van der Waals surface area contributed by atoms with Crippen molar-refractivity contribution < 1.29 is 22.4 Å². The highest BCUT2D eigenvalue weighted by Gasteiger charge is 2.20. The van der Waals surface area contributed by atoms with Gasteiger partial charge in [-0.05, 0) is 53.9 Å². The van der Waals surface area contributed by atoms with E-state index >= 15 is 0 Å². The maximum Gasteiger partial charge on any atom is 0.322 e. The predicted octanol–water partition coefficient (Wildman–Crippen LogP) is 5.68. The van der Waals surface area contributed by atoms with Gasteiger partial charge in [0.1, 0.15) is 12.4 Å². The average Bonchev–Trinajstić information content (AvgIpc) is 2.80. The molecule has 0 bridgehead atoms. The van der Waals surface area contributed by atoms with E-state index in [1.807, 2.05) is 13.8 Å². The maximum absolute atomic E-state index is 14.9. The molecule has 0 fully saturated rings. The van der Waals surface area contributed by atoms with Crippen LogP contribution in [0.15, 0.2) is 71.6 Å². The Balaban J connectivity index is 1.74. The lowest BCUT2D eigenvalue weighted by molar-refractivity contribution is -0.116. The molecule has 2 N–H and O–H groups in total. The molecule has 0 saturated carbocycles. The minimum Gasteiger partial charge on any atom is -0.322 e. The van der Waals surface area contributed by atoms with Gasteiger partial charge in [-0.15, -0.1) is 0 Å². The van der Waals surface area contributed by atoms with E-state index in [1.54, 1.807) is 42.5 Å². The van der Waals surface area contributed by atoms with Gasteiger partial charge in [-0.1, -0.05) is 49.7 Å². The first-order chi connectivity index (χ1) is 16.9. The molecule has 0 unspecified atom stereocenters. The molecule has 0 saturated heterocycles. The molecule has 0 aromatic heterocycles. The van der Waals surface area contributed by atoms with Crippen LogP contribution in [0.4, 0.5) is 20.6 Å². The van der Waals surface area contributed by atoms with Gasteiger partial charge < -0.3 is 15.5 Å². The van der Waals surface area contributed by atoms with Crippen molar-refractivity contribution in [1.82, 2.24) is 4.90 Å². The predicted molar refractivity (Wildman–Crippen MR) is 140 cm³/mol. The Morgan fingerprint density at radius 3 is 2.28 bits per heavy atom. The molecule has 0 aliphatic carbocycles. The zero-order valence-electron chi connectivity index (χ0n) is 20.1. The van der Waals surface area contributed by atoms with Gasteiger partial charge in [0, 0.05) is 29.1 Å². The molecule has 3 amide bonds. The van der Waals surface area contributed by atoms with Crippen molar-refractivity contribution in [1.29, 1.82) is 0 Å². The Labute approximate surface area is 215 Å². The van der Waals surface area contributed by atoms with E-state index in [4.69, 9.17) is 11.6 Å². The highest BCUT2D eigenvalue weighted by atomic mass is 35.5. The fourth-order valence-electron chi connectivity index (χ4n) is 3.57. The van der Waals surface area contributed by atoms with E-state index in [9.17, 15) is 22.4 Å². The second-order valence-electron chi connectivity index (χ2n) is 8.72. The zero-order chi connectivity index (χ0) is 26.5. The highest BCUT2D eigenvalue weighted by Crippen LogP contribution is 2.29. The van der Waals surface area contributed by atoms with Gasteiger partial charge in [-0.25, -0.2) is 17.6 Å². The Kier molecular flexibility index (Phi) is 8.70. The van der Waals surface area contributed by atoms with Crippen LogP contribution in [0.5, 0.6) is 0 Å². The number of nitrogens with zero attached hydrogens (tertiary/aromatic N) is 1. The van der Waals surface area contributed by atoms with Gasteiger partial charge in [0.25, 0.3) is 0 Å². The van der Waals surface area contributed by atoms with Gasteiger partial charge in [0.2, 0.25) is 5.91 Å². The average molecular weight is 532 g/mol. The minimum atomic E-state index is -3.52. The molecule has 0 spiro atoms. The third kappa shape index (κ3) is 7.29. The van der Waals surface area contributed by atoms with Crippen LogP contribution < -0.4 is 10.6 Å². The van der Waals surface area contributed by atoms with Crippen molar-refractivity contribution in [3.05, 3.63) is 77.6 Å². The molecule has 7 nitrogen and oxygen atoms in total. The number of hydrogen-bond acceptors (Lipinski definition) is 4. The van der Waals surface area contributed by atoms with Crippen molar-refractivity contribution in [2.24, 2.45) is 5.92 Å². The molecule has 0 aliphatic heterocycles. The Morgan fingerprint density at radius 2 is 1.67 bits per heavy atom. The molecule has 36 heavy (non-hydrogen) atoms. The van der Waals surface area contributed by atoms with Crippen LogP contribution in [0.3, 0.4) is 0 Å². The number of sulfone groups is 1. The van der Waals surface area contributed by atoms with Crippen LogP contribution in [0.25, 0.3) is 11.1 Å². The van der Waals surface area contributed by atoms with E-state index < -0.39 is 27.6 Å². The van der Waals surface area contributed by atoms with Crippen molar-refractivity contribution in [3.8, 4) is 11.1 Å². The topological polar surface area (TPSA) is 95.6 Å². The number of anilines is 2. The van der Waals surface area contributed by atoms with Crippen LogP contribution in [0, 0.1) is 11.7 Å². The molecule has 0 aliphatic rings. The number of urea groups is 1. The van der Waals surface area contributed by atoms with E-state index in [-0.39, 0.29) is 23.0 Å². The number of carbonyl (C=O) groups excluding carboxylic acids is 2. The maximum atomic E-state index is 14.9. The van der Waals surface area contributed by atoms with E-state index in [1.165, 1.54) is 29.2 Å².